The minimum atomic E-state index is -3.62. The molecule has 0 saturated heterocycles. The highest BCUT2D eigenvalue weighted by atomic mass is 32.2. The summed E-state index contributed by atoms with van der Waals surface area (Å²) in [5.41, 5.74) is 0.929. The maximum Gasteiger partial charge on any atom is 0.238 e. The summed E-state index contributed by atoms with van der Waals surface area (Å²) in [4.78, 5) is 3.92. The lowest BCUT2D eigenvalue weighted by Gasteiger charge is -2.02. The van der Waals surface area contributed by atoms with Crippen LogP contribution in [0.1, 0.15) is 5.56 Å². The molecule has 0 spiro atoms. The molecule has 0 amide bonds. The molecule has 2 aromatic rings. The van der Waals surface area contributed by atoms with Crippen molar-refractivity contribution in [2.24, 2.45) is 5.14 Å². The van der Waals surface area contributed by atoms with Crippen molar-refractivity contribution in [1.82, 2.24) is 14.8 Å². The van der Waals surface area contributed by atoms with E-state index in [0.717, 1.165) is 5.56 Å². The fourth-order valence-corrected chi connectivity index (χ4v) is 1.80. The Kier molecular flexibility index (Phi) is 2.71. The number of rotatable bonds is 3. The van der Waals surface area contributed by atoms with Gasteiger partial charge in [-0.3, -0.25) is 0 Å². The molecular formula is C9H10N4O2S. The first-order valence-corrected chi connectivity index (χ1v) is 6.04. The third kappa shape index (κ3) is 2.44. The van der Waals surface area contributed by atoms with Crippen LogP contribution in [0.4, 0.5) is 0 Å². The van der Waals surface area contributed by atoms with E-state index in [1.807, 2.05) is 0 Å². The first-order chi connectivity index (χ1) is 7.55. The number of benzene rings is 1. The molecule has 0 radical (unpaired) electrons. The van der Waals surface area contributed by atoms with Crippen LogP contribution in [0.25, 0.3) is 0 Å². The lowest BCUT2D eigenvalue weighted by molar-refractivity contribution is 0.597. The minimum absolute atomic E-state index is 0.106. The molecule has 0 aliphatic carbocycles. The Morgan fingerprint density at radius 2 is 1.94 bits per heavy atom. The molecule has 0 atom stereocenters. The van der Waals surface area contributed by atoms with Gasteiger partial charge in [0.05, 0.1) is 11.4 Å². The SMILES string of the molecule is NS(=O)(=O)c1ccc(Cn2cncn2)cc1. The molecule has 0 saturated carbocycles. The molecule has 0 bridgehead atoms. The predicted molar refractivity (Wildman–Crippen MR) is 56.9 cm³/mol. The van der Waals surface area contributed by atoms with Crippen molar-refractivity contribution in [3.05, 3.63) is 42.5 Å². The lowest BCUT2D eigenvalue weighted by atomic mass is 10.2. The van der Waals surface area contributed by atoms with Gasteiger partial charge in [-0.25, -0.2) is 23.2 Å². The highest BCUT2D eigenvalue weighted by molar-refractivity contribution is 7.89. The molecule has 7 heteroatoms. The number of nitrogens with two attached hydrogens (primary N) is 1. The van der Waals surface area contributed by atoms with E-state index in [1.165, 1.54) is 18.5 Å². The van der Waals surface area contributed by atoms with Crippen molar-refractivity contribution < 1.29 is 8.42 Å². The van der Waals surface area contributed by atoms with Gasteiger partial charge in [0.1, 0.15) is 12.7 Å². The van der Waals surface area contributed by atoms with E-state index in [-0.39, 0.29) is 4.90 Å². The number of nitrogens with zero attached hydrogens (tertiary/aromatic N) is 3. The molecule has 0 aliphatic heterocycles. The molecule has 2 rings (SSSR count). The number of hydrogen-bond acceptors (Lipinski definition) is 4. The van der Waals surface area contributed by atoms with E-state index in [4.69, 9.17) is 5.14 Å². The second-order valence-corrected chi connectivity index (χ2v) is 4.84. The Hall–Kier alpha value is -1.73. The molecule has 1 aromatic carbocycles. The van der Waals surface area contributed by atoms with Crippen LogP contribution < -0.4 is 5.14 Å². The Morgan fingerprint density at radius 1 is 1.25 bits per heavy atom. The Labute approximate surface area is 92.8 Å². The van der Waals surface area contributed by atoms with Crippen LogP contribution in [0.5, 0.6) is 0 Å². The molecule has 16 heavy (non-hydrogen) atoms. The summed E-state index contributed by atoms with van der Waals surface area (Å²) in [6, 6.07) is 6.34. The monoisotopic (exact) mass is 238 g/mol. The fraction of sp³-hybridized carbons (Fsp3) is 0.111. The summed E-state index contributed by atoms with van der Waals surface area (Å²) < 4.78 is 23.7. The minimum Gasteiger partial charge on any atom is -0.249 e. The summed E-state index contributed by atoms with van der Waals surface area (Å²) in [6.45, 7) is 0.547. The van der Waals surface area contributed by atoms with Crippen LogP contribution in [0.2, 0.25) is 0 Å². The van der Waals surface area contributed by atoms with Crippen LogP contribution in [0.15, 0.2) is 41.8 Å². The third-order valence-electron chi connectivity index (χ3n) is 2.06. The van der Waals surface area contributed by atoms with Crippen molar-refractivity contribution >= 4 is 10.0 Å². The van der Waals surface area contributed by atoms with Crippen LogP contribution in [0.3, 0.4) is 0 Å². The van der Waals surface area contributed by atoms with Crippen molar-refractivity contribution in [2.45, 2.75) is 11.4 Å². The van der Waals surface area contributed by atoms with Crippen molar-refractivity contribution in [1.29, 1.82) is 0 Å². The van der Waals surface area contributed by atoms with Gasteiger partial charge in [-0.2, -0.15) is 5.10 Å². The molecule has 2 N–H and O–H groups in total. The molecule has 84 valence electrons. The number of hydrogen-bond donors (Lipinski definition) is 1. The van der Waals surface area contributed by atoms with Gasteiger partial charge in [0, 0.05) is 0 Å². The molecule has 0 aliphatic rings. The van der Waals surface area contributed by atoms with Crippen LogP contribution >= 0.6 is 0 Å². The first-order valence-electron chi connectivity index (χ1n) is 4.50. The normalized spacial score (nSPS) is 11.6. The van der Waals surface area contributed by atoms with Gasteiger partial charge in [-0.05, 0) is 17.7 Å². The van der Waals surface area contributed by atoms with Gasteiger partial charge < -0.3 is 0 Å². The average Bonchev–Trinajstić information content (AvgIpc) is 2.70. The smallest absolute Gasteiger partial charge is 0.238 e. The Balaban J connectivity index is 2.20. The number of sulfonamides is 1. The highest BCUT2D eigenvalue weighted by Gasteiger charge is 2.06. The first kappa shape index (κ1) is 10.8. The predicted octanol–water partition coefficient (Wildman–Crippen LogP) is -0.0262. The number of primary sulfonamides is 1. The zero-order chi connectivity index (χ0) is 11.6. The molecule has 0 unspecified atom stereocenters. The van der Waals surface area contributed by atoms with Gasteiger partial charge in [0.15, 0.2) is 0 Å². The second kappa shape index (κ2) is 4.03. The van der Waals surface area contributed by atoms with E-state index in [0.29, 0.717) is 6.54 Å². The van der Waals surface area contributed by atoms with Crippen LogP contribution in [0, 0.1) is 0 Å². The Bertz CT molecular complexity index is 560. The quantitative estimate of drug-likeness (QED) is 0.813. The maximum atomic E-state index is 11.0. The van der Waals surface area contributed by atoms with Crippen LogP contribution in [-0.2, 0) is 16.6 Å². The Morgan fingerprint density at radius 3 is 2.44 bits per heavy atom. The van der Waals surface area contributed by atoms with E-state index < -0.39 is 10.0 Å². The summed E-state index contributed by atoms with van der Waals surface area (Å²) in [7, 11) is -3.62. The zero-order valence-corrected chi connectivity index (χ0v) is 9.13. The van der Waals surface area contributed by atoms with Gasteiger partial charge in [0.2, 0.25) is 10.0 Å². The maximum absolute atomic E-state index is 11.0. The van der Waals surface area contributed by atoms with Crippen molar-refractivity contribution in [2.75, 3.05) is 0 Å². The highest BCUT2D eigenvalue weighted by Crippen LogP contribution is 2.09. The van der Waals surface area contributed by atoms with E-state index in [1.54, 1.807) is 23.1 Å². The van der Waals surface area contributed by atoms with E-state index in [2.05, 4.69) is 10.1 Å². The van der Waals surface area contributed by atoms with Gasteiger partial charge in [0.25, 0.3) is 0 Å². The molecule has 1 heterocycles. The molecule has 0 fully saturated rings. The topological polar surface area (TPSA) is 90.9 Å². The van der Waals surface area contributed by atoms with Crippen molar-refractivity contribution in [3.8, 4) is 0 Å². The van der Waals surface area contributed by atoms with Gasteiger partial charge in [-0.15, -0.1) is 0 Å². The average molecular weight is 238 g/mol. The second-order valence-electron chi connectivity index (χ2n) is 3.28. The lowest BCUT2D eigenvalue weighted by Crippen LogP contribution is -2.12. The molecule has 1 aromatic heterocycles. The standard InChI is InChI=1S/C9H10N4O2S/c10-16(14,15)9-3-1-8(2-4-9)5-13-7-11-6-12-13/h1-4,6-7H,5H2,(H2,10,14,15). The molecule has 6 nitrogen and oxygen atoms in total. The van der Waals surface area contributed by atoms with Gasteiger partial charge >= 0.3 is 0 Å². The van der Waals surface area contributed by atoms with Gasteiger partial charge in [-0.1, -0.05) is 12.1 Å². The fourth-order valence-electron chi connectivity index (χ4n) is 1.29. The summed E-state index contributed by atoms with van der Waals surface area (Å²) in [6.07, 6.45) is 3.03. The van der Waals surface area contributed by atoms with Crippen LogP contribution in [-0.4, -0.2) is 23.2 Å². The van der Waals surface area contributed by atoms with Crippen molar-refractivity contribution in [3.63, 3.8) is 0 Å². The summed E-state index contributed by atoms with van der Waals surface area (Å²) >= 11 is 0. The third-order valence-corrected chi connectivity index (χ3v) is 2.99. The summed E-state index contributed by atoms with van der Waals surface area (Å²) in [5, 5.41) is 8.93. The largest absolute Gasteiger partial charge is 0.249 e. The zero-order valence-electron chi connectivity index (χ0n) is 8.31. The molecular weight excluding hydrogens is 228 g/mol. The summed E-state index contributed by atoms with van der Waals surface area (Å²) in [5.74, 6) is 0. The van der Waals surface area contributed by atoms with E-state index >= 15 is 0 Å². The van der Waals surface area contributed by atoms with E-state index in [9.17, 15) is 8.42 Å². The number of aromatic nitrogens is 3.